The first kappa shape index (κ1) is 9.90. The van der Waals surface area contributed by atoms with Crippen LogP contribution in [0.2, 0.25) is 0 Å². The second-order valence-electron chi connectivity index (χ2n) is 3.95. The summed E-state index contributed by atoms with van der Waals surface area (Å²) in [5.74, 6) is -0.357. The molecule has 1 aliphatic carbocycles. The number of carbonyl (C=O) groups is 2. The van der Waals surface area contributed by atoms with Gasteiger partial charge in [-0.05, 0) is 11.6 Å². The summed E-state index contributed by atoms with van der Waals surface area (Å²) in [5.41, 5.74) is 1.99. The van der Waals surface area contributed by atoms with Crippen LogP contribution in [0.5, 0.6) is 0 Å². The van der Waals surface area contributed by atoms with Gasteiger partial charge in [0.25, 0.3) is 0 Å². The highest BCUT2D eigenvalue weighted by Crippen LogP contribution is 2.29. The van der Waals surface area contributed by atoms with Gasteiger partial charge in [-0.15, -0.1) is 0 Å². The molecule has 0 N–H and O–H groups in total. The van der Waals surface area contributed by atoms with Crippen molar-refractivity contribution >= 4 is 17.8 Å². The Balaban J connectivity index is 2.19. The molecule has 0 bridgehead atoms. The Bertz CT molecular complexity index is 584. The second-order valence-corrected chi connectivity index (χ2v) is 3.95. The summed E-state index contributed by atoms with van der Waals surface area (Å²) in [6, 6.07) is 6.93. The number of dihydropyridines is 1. The maximum atomic E-state index is 12.1. The lowest BCUT2D eigenvalue weighted by molar-refractivity contribution is 0.0987. The van der Waals surface area contributed by atoms with Crippen molar-refractivity contribution in [3.8, 4) is 0 Å². The third kappa shape index (κ3) is 1.40. The number of hydrogen-bond acceptors (Lipinski definition) is 3. The van der Waals surface area contributed by atoms with Gasteiger partial charge in [0.2, 0.25) is 0 Å². The summed E-state index contributed by atoms with van der Waals surface area (Å²) in [6.07, 6.45) is 5.19. The second kappa shape index (κ2) is 3.63. The third-order valence-electron chi connectivity index (χ3n) is 2.94. The molecule has 1 heterocycles. The molecular weight excluding hydrogens is 214 g/mol. The SMILES string of the molecule is O=C1C(=C2C=CC=NC2)C(=O)c2ccccc21. The standard InChI is InChI=1S/C14H9NO2/c16-13-10-5-1-2-6-11(10)14(17)12(13)9-4-3-7-15-8-9/h1-7H,8H2. The van der Waals surface area contributed by atoms with Crippen LogP contribution >= 0.6 is 0 Å². The van der Waals surface area contributed by atoms with Gasteiger partial charge in [-0.25, -0.2) is 0 Å². The van der Waals surface area contributed by atoms with Crippen LogP contribution < -0.4 is 0 Å². The van der Waals surface area contributed by atoms with E-state index in [-0.39, 0.29) is 17.1 Å². The molecule has 0 radical (unpaired) electrons. The van der Waals surface area contributed by atoms with Crippen LogP contribution in [0.25, 0.3) is 0 Å². The Labute approximate surface area is 98.2 Å². The van der Waals surface area contributed by atoms with E-state index >= 15 is 0 Å². The minimum absolute atomic E-state index is 0.178. The highest BCUT2D eigenvalue weighted by Gasteiger charge is 2.34. The largest absolute Gasteiger partial charge is 0.288 e. The lowest BCUT2D eigenvalue weighted by Crippen LogP contribution is -2.07. The quantitative estimate of drug-likeness (QED) is 0.499. The number of nitrogens with zero attached hydrogens (tertiary/aromatic N) is 1. The molecule has 0 unspecified atom stereocenters. The Morgan fingerprint density at radius 2 is 1.65 bits per heavy atom. The molecule has 17 heavy (non-hydrogen) atoms. The van der Waals surface area contributed by atoms with E-state index in [1.54, 1.807) is 42.6 Å². The molecule has 0 aromatic heterocycles. The number of hydrogen-bond donors (Lipinski definition) is 0. The zero-order valence-electron chi connectivity index (χ0n) is 9.01. The van der Waals surface area contributed by atoms with Crippen molar-refractivity contribution < 1.29 is 9.59 Å². The van der Waals surface area contributed by atoms with Crippen molar-refractivity contribution in [1.82, 2.24) is 0 Å². The van der Waals surface area contributed by atoms with Crippen LogP contribution in [0.15, 0.2) is 52.6 Å². The summed E-state index contributed by atoms with van der Waals surface area (Å²) >= 11 is 0. The van der Waals surface area contributed by atoms with E-state index in [0.717, 1.165) is 0 Å². The number of ketones is 2. The fraction of sp³-hybridized carbons (Fsp3) is 0.0714. The van der Waals surface area contributed by atoms with Gasteiger partial charge >= 0.3 is 0 Å². The average molecular weight is 223 g/mol. The number of rotatable bonds is 0. The maximum absolute atomic E-state index is 12.1. The van der Waals surface area contributed by atoms with E-state index in [0.29, 0.717) is 23.2 Å². The first-order valence-corrected chi connectivity index (χ1v) is 5.37. The van der Waals surface area contributed by atoms with Gasteiger partial charge in [0.1, 0.15) is 0 Å². The monoisotopic (exact) mass is 223 g/mol. The van der Waals surface area contributed by atoms with Crippen molar-refractivity contribution in [1.29, 1.82) is 0 Å². The smallest absolute Gasteiger partial charge is 0.198 e. The number of Topliss-reactive ketones (excluding diaryl/α,β-unsaturated/α-hetero) is 2. The zero-order valence-corrected chi connectivity index (χ0v) is 9.01. The lowest BCUT2D eigenvalue weighted by Gasteiger charge is -2.04. The molecule has 0 fully saturated rings. The lowest BCUT2D eigenvalue weighted by atomic mass is 10.0. The molecule has 0 saturated carbocycles. The zero-order chi connectivity index (χ0) is 11.8. The molecule has 0 amide bonds. The molecule has 0 saturated heterocycles. The summed E-state index contributed by atoms with van der Waals surface area (Å²) in [7, 11) is 0. The molecule has 3 rings (SSSR count). The Morgan fingerprint density at radius 1 is 1.00 bits per heavy atom. The predicted molar refractivity (Wildman–Crippen MR) is 64.6 cm³/mol. The van der Waals surface area contributed by atoms with Crippen molar-refractivity contribution in [3.05, 3.63) is 58.7 Å². The first-order chi connectivity index (χ1) is 8.29. The topological polar surface area (TPSA) is 46.5 Å². The van der Waals surface area contributed by atoms with Gasteiger partial charge in [-0.2, -0.15) is 0 Å². The summed E-state index contributed by atoms with van der Waals surface area (Å²) < 4.78 is 0. The summed E-state index contributed by atoms with van der Waals surface area (Å²) in [4.78, 5) is 28.3. The molecular formula is C14H9NO2. The van der Waals surface area contributed by atoms with E-state index in [1.165, 1.54) is 0 Å². The molecule has 3 heteroatoms. The van der Waals surface area contributed by atoms with Gasteiger partial charge in [0.05, 0.1) is 12.1 Å². The molecule has 0 spiro atoms. The number of carbonyl (C=O) groups excluding carboxylic acids is 2. The van der Waals surface area contributed by atoms with Crippen LogP contribution in [-0.2, 0) is 0 Å². The van der Waals surface area contributed by atoms with Gasteiger partial charge in [0, 0.05) is 17.3 Å². The number of benzene rings is 1. The van der Waals surface area contributed by atoms with Crippen molar-refractivity contribution in [2.45, 2.75) is 0 Å². The minimum atomic E-state index is -0.178. The Morgan fingerprint density at radius 3 is 2.18 bits per heavy atom. The molecule has 2 aliphatic rings. The van der Waals surface area contributed by atoms with Gasteiger partial charge < -0.3 is 0 Å². The third-order valence-corrected chi connectivity index (χ3v) is 2.94. The predicted octanol–water partition coefficient (Wildman–Crippen LogP) is 2.00. The minimum Gasteiger partial charge on any atom is -0.288 e. The molecule has 1 aromatic carbocycles. The van der Waals surface area contributed by atoms with E-state index in [1.807, 2.05) is 0 Å². The van der Waals surface area contributed by atoms with Crippen LogP contribution in [0.1, 0.15) is 20.7 Å². The average Bonchev–Trinajstić information content (AvgIpc) is 2.64. The van der Waals surface area contributed by atoms with E-state index in [9.17, 15) is 9.59 Å². The van der Waals surface area contributed by atoms with Crippen molar-refractivity contribution in [2.75, 3.05) is 6.54 Å². The van der Waals surface area contributed by atoms with Crippen molar-refractivity contribution in [3.63, 3.8) is 0 Å². The Hall–Kier alpha value is -2.29. The molecule has 3 nitrogen and oxygen atoms in total. The number of fused-ring (bicyclic) bond motifs is 1. The highest BCUT2D eigenvalue weighted by molar-refractivity contribution is 6.40. The van der Waals surface area contributed by atoms with Crippen LogP contribution in [-0.4, -0.2) is 24.3 Å². The highest BCUT2D eigenvalue weighted by atomic mass is 16.2. The molecule has 1 aromatic rings. The van der Waals surface area contributed by atoms with Gasteiger partial charge in [-0.1, -0.05) is 30.3 Å². The van der Waals surface area contributed by atoms with Gasteiger partial charge in [-0.3, -0.25) is 14.6 Å². The van der Waals surface area contributed by atoms with Crippen LogP contribution in [0, 0.1) is 0 Å². The number of allylic oxidation sites excluding steroid dienone is 2. The summed E-state index contributed by atoms with van der Waals surface area (Å²) in [6.45, 7) is 0.400. The fourth-order valence-electron chi connectivity index (χ4n) is 2.13. The van der Waals surface area contributed by atoms with Crippen LogP contribution in [0.4, 0.5) is 0 Å². The van der Waals surface area contributed by atoms with Gasteiger partial charge in [0.15, 0.2) is 11.6 Å². The van der Waals surface area contributed by atoms with E-state index in [4.69, 9.17) is 0 Å². The molecule has 0 atom stereocenters. The van der Waals surface area contributed by atoms with E-state index in [2.05, 4.69) is 4.99 Å². The van der Waals surface area contributed by atoms with Crippen molar-refractivity contribution in [2.24, 2.45) is 4.99 Å². The molecule has 82 valence electrons. The number of aliphatic imine (C=N–C) groups is 1. The Kier molecular flexibility index (Phi) is 2.11. The maximum Gasteiger partial charge on any atom is 0.198 e. The summed E-state index contributed by atoms with van der Waals surface area (Å²) in [5, 5.41) is 0. The fourth-order valence-corrected chi connectivity index (χ4v) is 2.13. The van der Waals surface area contributed by atoms with E-state index < -0.39 is 0 Å². The van der Waals surface area contributed by atoms with Crippen LogP contribution in [0.3, 0.4) is 0 Å². The normalized spacial score (nSPS) is 17.9. The molecule has 1 aliphatic heterocycles. The first-order valence-electron chi connectivity index (χ1n) is 5.37.